The Labute approximate surface area is 123 Å². The minimum atomic E-state index is -1.05. The Bertz CT molecular complexity index is 531. The number of carboxylic acid groups (broad SMARTS) is 1. The summed E-state index contributed by atoms with van der Waals surface area (Å²) in [4.78, 5) is 23.3. The molecule has 21 heavy (non-hydrogen) atoms. The predicted octanol–water partition coefficient (Wildman–Crippen LogP) is 1.58. The number of nitrogens with one attached hydrogen (secondary N) is 1. The lowest BCUT2D eigenvalue weighted by molar-refractivity contribution is -0.144. The van der Waals surface area contributed by atoms with Gasteiger partial charge in [-0.2, -0.15) is 0 Å². The zero-order valence-electron chi connectivity index (χ0n) is 12.0. The average Bonchev–Trinajstić information content (AvgIpc) is 2.45. The molecule has 2 N–H and O–H groups in total. The molecule has 0 saturated heterocycles. The first-order valence-corrected chi connectivity index (χ1v) is 6.98. The van der Waals surface area contributed by atoms with Crippen LogP contribution in [-0.2, 0) is 9.59 Å². The van der Waals surface area contributed by atoms with Crippen molar-refractivity contribution in [2.45, 2.75) is 44.9 Å². The summed E-state index contributed by atoms with van der Waals surface area (Å²) in [5.41, 5.74) is 0. The zero-order valence-corrected chi connectivity index (χ0v) is 12.0. The topological polar surface area (TPSA) is 84.9 Å². The number of aliphatic carboxylic acids is 1. The van der Waals surface area contributed by atoms with E-state index in [9.17, 15) is 9.59 Å². The van der Waals surface area contributed by atoms with E-state index in [0.29, 0.717) is 24.3 Å². The summed E-state index contributed by atoms with van der Waals surface area (Å²) in [5.74, 6) is -0.455. The SMILES string of the molecule is CCC[C@H](NC(=O)[C@@H]1Oc2ccccc2O[C@H]1C)C(=O)O. The van der Waals surface area contributed by atoms with Gasteiger partial charge < -0.3 is 19.9 Å². The number of para-hydroxylation sites is 2. The van der Waals surface area contributed by atoms with Crippen LogP contribution in [0.5, 0.6) is 11.5 Å². The molecule has 2 rings (SSSR count). The number of fused-ring (bicyclic) bond motifs is 1. The third-order valence-electron chi connectivity index (χ3n) is 3.29. The number of amides is 1. The van der Waals surface area contributed by atoms with Crippen molar-refractivity contribution < 1.29 is 24.2 Å². The second-order valence-corrected chi connectivity index (χ2v) is 5.00. The van der Waals surface area contributed by atoms with Crippen molar-refractivity contribution in [2.75, 3.05) is 0 Å². The van der Waals surface area contributed by atoms with Gasteiger partial charge in [0.1, 0.15) is 12.1 Å². The molecule has 0 spiro atoms. The molecule has 3 atom stereocenters. The maximum atomic E-state index is 12.2. The number of carbonyl (C=O) groups is 2. The molecule has 0 saturated carbocycles. The smallest absolute Gasteiger partial charge is 0.326 e. The molecule has 0 unspecified atom stereocenters. The molecule has 1 aliphatic heterocycles. The van der Waals surface area contributed by atoms with Gasteiger partial charge >= 0.3 is 5.97 Å². The van der Waals surface area contributed by atoms with E-state index in [2.05, 4.69) is 5.32 Å². The maximum Gasteiger partial charge on any atom is 0.326 e. The fraction of sp³-hybridized carbons (Fsp3) is 0.467. The molecule has 0 aliphatic carbocycles. The Morgan fingerprint density at radius 3 is 2.48 bits per heavy atom. The molecule has 1 amide bonds. The molecule has 1 aliphatic rings. The minimum absolute atomic E-state index is 0.375. The Morgan fingerprint density at radius 2 is 1.90 bits per heavy atom. The van der Waals surface area contributed by atoms with E-state index in [1.165, 1.54) is 0 Å². The molecule has 0 fully saturated rings. The fourth-order valence-corrected chi connectivity index (χ4v) is 2.21. The van der Waals surface area contributed by atoms with Crippen LogP contribution in [0.3, 0.4) is 0 Å². The highest BCUT2D eigenvalue weighted by atomic mass is 16.6. The van der Waals surface area contributed by atoms with Crippen LogP contribution < -0.4 is 14.8 Å². The lowest BCUT2D eigenvalue weighted by Gasteiger charge is -2.31. The van der Waals surface area contributed by atoms with Gasteiger partial charge in [0, 0.05) is 0 Å². The molecule has 0 radical (unpaired) electrons. The third-order valence-corrected chi connectivity index (χ3v) is 3.29. The summed E-state index contributed by atoms with van der Waals surface area (Å²) in [5, 5.41) is 11.6. The zero-order chi connectivity index (χ0) is 15.4. The lowest BCUT2D eigenvalue weighted by Crippen LogP contribution is -2.53. The van der Waals surface area contributed by atoms with Crippen molar-refractivity contribution >= 4 is 11.9 Å². The molecular formula is C15H19NO5. The van der Waals surface area contributed by atoms with Crippen LogP contribution in [0.4, 0.5) is 0 Å². The van der Waals surface area contributed by atoms with E-state index >= 15 is 0 Å². The normalized spacial score (nSPS) is 21.4. The average molecular weight is 293 g/mol. The van der Waals surface area contributed by atoms with Crippen LogP contribution in [0.1, 0.15) is 26.7 Å². The van der Waals surface area contributed by atoms with Crippen LogP contribution >= 0.6 is 0 Å². The molecule has 1 heterocycles. The highest BCUT2D eigenvalue weighted by molar-refractivity contribution is 5.87. The summed E-state index contributed by atoms with van der Waals surface area (Å²) in [6.07, 6.45) is -0.313. The van der Waals surface area contributed by atoms with E-state index in [4.69, 9.17) is 14.6 Å². The third kappa shape index (κ3) is 3.45. The molecule has 0 bridgehead atoms. The quantitative estimate of drug-likeness (QED) is 0.861. The number of carbonyl (C=O) groups excluding carboxylic acids is 1. The van der Waals surface area contributed by atoms with Gasteiger partial charge in [0.15, 0.2) is 11.5 Å². The Balaban J connectivity index is 2.07. The van der Waals surface area contributed by atoms with Crippen LogP contribution in [0.2, 0.25) is 0 Å². The van der Waals surface area contributed by atoms with Gasteiger partial charge in [-0.3, -0.25) is 4.79 Å². The second kappa shape index (κ2) is 6.47. The van der Waals surface area contributed by atoms with Crippen molar-refractivity contribution in [3.05, 3.63) is 24.3 Å². The summed E-state index contributed by atoms with van der Waals surface area (Å²) in [6, 6.07) is 6.16. The van der Waals surface area contributed by atoms with Crippen LogP contribution in [0.25, 0.3) is 0 Å². The summed E-state index contributed by atoms with van der Waals surface area (Å²) in [6.45, 7) is 3.58. The van der Waals surface area contributed by atoms with Crippen LogP contribution in [-0.4, -0.2) is 35.2 Å². The fourth-order valence-electron chi connectivity index (χ4n) is 2.21. The summed E-state index contributed by atoms with van der Waals surface area (Å²) < 4.78 is 11.3. The van der Waals surface area contributed by atoms with Gasteiger partial charge in [-0.05, 0) is 25.5 Å². The second-order valence-electron chi connectivity index (χ2n) is 5.00. The molecular weight excluding hydrogens is 274 g/mol. The number of carboxylic acids is 1. The molecule has 1 aromatic rings. The minimum Gasteiger partial charge on any atom is -0.482 e. The van der Waals surface area contributed by atoms with Crippen molar-refractivity contribution in [1.29, 1.82) is 0 Å². The van der Waals surface area contributed by atoms with Crippen molar-refractivity contribution in [1.82, 2.24) is 5.32 Å². The van der Waals surface area contributed by atoms with E-state index in [1.807, 2.05) is 13.0 Å². The number of benzene rings is 1. The molecule has 6 nitrogen and oxygen atoms in total. The van der Waals surface area contributed by atoms with Gasteiger partial charge in [-0.15, -0.1) is 0 Å². The van der Waals surface area contributed by atoms with Crippen LogP contribution in [0.15, 0.2) is 24.3 Å². The Kier molecular flexibility index (Phi) is 4.67. The summed E-state index contributed by atoms with van der Waals surface area (Å²) >= 11 is 0. The van der Waals surface area contributed by atoms with Crippen molar-refractivity contribution in [3.8, 4) is 11.5 Å². The standard InChI is InChI=1S/C15H19NO5/c1-3-6-10(15(18)19)16-14(17)13-9(2)20-11-7-4-5-8-12(11)21-13/h4-5,7-10,13H,3,6H2,1-2H3,(H,16,17)(H,18,19)/t9-,10-,13+/m0/s1. The number of ether oxygens (including phenoxy) is 2. The first-order chi connectivity index (χ1) is 10.0. The van der Waals surface area contributed by atoms with E-state index in [1.54, 1.807) is 25.1 Å². The Hall–Kier alpha value is -2.24. The van der Waals surface area contributed by atoms with Crippen molar-refractivity contribution in [3.63, 3.8) is 0 Å². The van der Waals surface area contributed by atoms with Gasteiger partial charge in [0.05, 0.1) is 0 Å². The molecule has 1 aromatic carbocycles. The molecule has 6 heteroatoms. The van der Waals surface area contributed by atoms with Crippen molar-refractivity contribution in [2.24, 2.45) is 0 Å². The van der Waals surface area contributed by atoms with E-state index < -0.39 is 30.1 Å². The lowest BCUT2D eigenvalue weighted by atomic mass is 10.1. The predicted molar refractivity (Wildman–Crippen MR) is 75.4 cm³/mol. The van der Waals surface area contributed by atoms with Gasteiger partial charge in [0.2, 0.25) is 6.10 Å². The number of rotatable bonds is 5. The summed E-state index contributed by atoms with van der Waals surface area (Å²) in [7, 11) is 0. The Morgan fingerprint density at radius 1 is 1.29 bits per heavy atom. The molecule has 114 valence electrons. The number of hydrogen-bond acceptors (Lipinski definition) is 4. The maximum absolute atomic E-state index is 12.2. The largest absolute Gasteiger partial charge is 0.482 e. The van der Waals surface area contributed by atoms with Gasteiger partial charge in [0.25, 0.3) is 5.91 Å². The number of hydrogen-bond donors (Lipinski definition) is 2. The van der Waals surface area contributed by atoms with Gasteiger partial charge in [-0.25, -0.2) is 4.79 Å². The highest BCUT2D eigenvalue weighted by Crippen LogP contribution is 2.33. The first-order valence-electron chi connectivity index (χ1n) is 6.98. The van der Waals surface area contributed by atoms with E-state index in [0.717, 1.165) is 0 Å². The van der Waals surface area contributed by atoms with E-state index in [-0.39, 0.29) is 0 Å². The highest BCUT2D eigenvalue weighted by Gasteiger charge is 2.35. The monoisotopic (exact) mass is 293 g/mol. The molecule has 0 aromatic heterocycles. The van der Waals surface area contributed by atoms with Crippen LogP contribution in [0, 0.1) is 0 Å². The first kappa shape index (κ1) is 15.2. The van der Waals surface area contributed by atoms with Gasteiger partial charge in [-0.1, -0.05) is 25.5 Å².